The minimum Gasteiger partial charge on any atom is -0.545 e. The van der Waals surface area contributed by atoms with Gasteiger partial charge in [-0.05, 0) is 42.3 Å². The van der Waals surface area contributed by atoms with Crippen LogP contribution in [0.1, 0.15) is 26.3 Å². The molecule has 0 aliphatic heterocycles. The van der Waals surface area contributed by atoms with E-state index in [1.807, 2.05) is 0 Å². The van der Waals surface area contributed by atoms with Crippen LogP contribution in [-0.2, 0) is 0 Å². The third-order valence-corrected chi connectivity index (χ3v) is 3.04. The van der Waals surface area contributed by atoms with Crippen LogP contribution in [0.3, 0.4) is 0 Å². The van der Waals surface area contributed by atoms with Crippen LogP contribution in [0.4, 0.5) is 5.69 Å². The second-order valence-electron chi connectivity index (χ2n) is 4.28. The molecule has 4 nitrogen and oxygen atoms in total. The zero-order valence-electron chi connectivity index (χ0n) is 10.6. The summed E-state index contributed by atoms with van der Waals surface area (Å²) in [7, 11) is 0. The lowest BCUT2D eigenvalue weighted by Gasteiger charge is -2.11. The molecule has 2 aromatic carbocycles. The van der Waals surface area contributed by atoms with Crippen LogP contribution in [0.15, 0.2) is 42.5 Å². The summed E-state index contributed by atoms with van der Waals surface area (Å²) in [5.74, 6) is -1.64. The molecule has 0 atom stereocenters. The summed E-state index contributed by atoms with van der Waals surface area (Å²) < 4.78 is 0. The topological polar surface area (TPSA) is 69.2 Å². The van der Waals surface area contributed by atoms with Crippen molar-refractivity contribution in [1.29, 1.82) is 0 Å². The van der Waals surface area contributed by atoms with Gasteiger partial charge in [0, 0.05) is 16.3 Å². The van der Waals surface area contributed by atoms with Crippen LogP contribution in [0.2, 0.25) is 5.02 Å². The van der Waals surface area contributed by atoms with E-state index in [1.165, 1.54) is 18.2 Å². The monoisotopic (exact) mass is 288 g/mol. The van der Waals surface area contributed by atoms with Crippen molar-refractivity contribution < 1.29 is 14.7 Å². The Balaban J connectivity index is 2.27. The van der Waals surface area contributed by atoms with Crippen molar-refractivity contribution in [3.8, 4) is 0 Å². The van der Waals surface area contributed by atoms with Gasteiger partial charge in [-0.1, -0.05) is 29.8 Å². The zero-order valence-corrected chi connectivity index (χ0v) is 11.4. The number of amides is 1. The molecule has 1 amide bonds. The first-order valence-corrected chi connectivity index (χ1v) is 6.24. The predicted molar refractivity (Wildman–Crippen MR) is 74.9 cm³/mol. The molecule has 2 aromatic rings. The number of anilines is 1. The summed E-state index contributed by atoms with van der Waals surface area (Å²) in [6.45, 7) is 1.77. The molecule has 1 N–H and O–H groups in total. The highest BCUT2D eigenvalue weighted by Gasteiger charge is 2.09. The van der Waals surface area contributed by atoms with Crippen molar-refractivity contribution in [2.75, 3.05) is 5.32 Å². The van der Waals surface area contributed by atoms with Gasteiger partial charge in [-0.25, -0.2) is 0 Å². The van der Waals surface area contributed by atoms with Crippen molar-refractivity contribution in [2.24, 2.45) is 0 Å². The molecule has 5 heteroatoms. The second kappa shape index (κ2) is 5.75. The number of hydrogen-bond acceptors (Lipinski definition) is 3. The van der Waals surface area contributed by atoms with Gasteiger partial charge in [0.15, 0.2) is 0 Å². The SMILES string of the molecule is Cc1ccc(C(=O)[O-])cc1NC(=O)c1cccc(Cl)c1. The van der Waals surface area contributed by atoms with Crippen LogP contribution >= 0.6 is 11.6 Å². The van der Waals surface area contributed by atoms with Crippen molar-refractivity contribution >= 4 is 29.2 Å². The molecule has 0 saturated heterocycles. The Bertz CT molecular complexity index is 683. The van der Waals surface area contributed by atoms with Crippen LogP contribution < -0.4 is 10.4 Å². The number of carbonyl (C=O) groups excluding carboxylic acids is 2. The van der Waals surface area contributed by atoms with Gasteiger partial charge < -0.3 is 15.2 Å². The molecule has 2 rings (SSSR count). The summed E-state index contributed by atoms with van der Waals surface area (Å²) >= 11 is 5.82. The standard InChI is InChI=1S/C15H12ClNO3/c1-9-5-6-11(15(19)20)8-13(9)17-14(18)10-3-2-4-12(16)7-10/h2-8H,1H3,(H,17,18)(H,19,20)/p-1. The molecule has 0 radical (unpaired) electrons. The number of aromatic carboxylic acids is 1. The van der Waals surface area contributed by atoms with Gasteiger partial charge in [-0.2, -0.15) is 0 Å². The lowest BCUT2D eigenvalue weighted by atomic mass is 10.1. The van der Waals surface area contributed by atoms with E-state index in [1.54, 1.807) is 31.2 Å². The highest BCUT2D eigenvalue weighted by molar-refractivity contribution is 6.31. The number of halogens is 1. The van der Waals surface area contributed by atoms with E-state index in [9.17, 15) is 14.7 Å². The normalized spacial score (nSPS) is 10.1. The molecule has 0 bridgehead atoms. The molecule has 0 spiro atoms. The van der Waals surface area contributed by atoms with E-state index >= 15 is 0 Å². The fraction of sp³-hybridized carbons (Fsp3) is 0.0667. The van der Waals surface area contributed by atoms with Gasteiger partial charge in [0.05, 0.1) is 5.97 Å². The Morgan fingerprint density at radius 1 is 1.10 bits per heavy atom. The molecule has 0 aromatic heterocycles. The molecule has 0 aliphatic rings. The number of aryl methyl sites for hydroxylation is 1. The summed E-state index contributed by atoms with van der Waals surface area (Å²) in [5, 5.41) is 13.9. The fourth-order valence-electron chi connectivity index (χ4n) is 1.71. The minimum atomic E-state index is -1.29. The van der Waals surface area contributed by atoms with Gasteiger partial charge in [-0.15, -0.1) is 0 Å². The van der Waals surface area contributed by atoms with E-state index < -0.39 is 5.97 Å². The Morgan fingerprint density at radius 3 is 2.50 bits per heavy atom. The van der Waals surface area contributed by atoms with E-state index in [2.05, 4.69) is 5.32 Å². The third-order valence-electron chi connectivity index (χ3n) is 2.81. The lowest BCUT2D eigenvalue weighted by molar-refractivity contribution is -0.255. The Morgan fingerprint density at radius 2 is 1.85 bits per heavy atom. The first kappa shape index (κ1) is 14.1. The summed E-state index contributed by atoms with van der Waals surface area (Å²) in [6.07, 6.45) is 0. The largest absolute Gasteiger partial charge is 0.545 e. The van der Waals surface area contributed by atoms with Crippen molar-refractivity contribution in [3.05, 3.63) is 64.2 Å². The quantitative estimate of drug-likeness (QED) is 0.942. The van der Waals surface area contributed by atoms with Gasteiger partial charge in [0.25, 0.3) is 5.91 Å². The number of rotatable bonds is 3. The maximum Gasteiger partial charge on any atom is 0.255 e. The van der Waals surface area contributed by atoms with Crippen molar-refractivity contribution in [1.82, 2.24) is 0 Å². The number of carboxylic acids is 1. The molecule has 0 aliphatic carbocycles. The van der Waals surface area contributed by atoms with E-state index in [0.29, 0.717) is 16.3 Å². The molecule has 0 heterocycles. The first-order valence-electron chi connectivity index (χ1n) is 5.86. The van der Waals surface area contributed by atoms with E-state index in [0.717, 1.165) is 5.56 Å². The van der Waals surface area contributed by atoms with Crippen LogP contribution in [0, 0.1) is 6.92 Å². The summed E-state index contributed by atoms with van der Waals surface area (Å²) in [5.41, 5.74) is 1.59. The number of carboxylic acid groups (broad SMARTS) is 1. The van der Waals surface area contributed by atoms with Crippen LogP contribution in [0.25, 0.3) is 0 Å². The van der Waals surface area contributed by atoms with Crippen molar-refractivity contribution in [3.63, 3.8) is 0 Å². The van der Waals surface area contributed by atoms with Crippen molar-refractivity contribution in [2.45, 2.75) is 6.92 Å². The average molecular weight is 289 g/mol. The van der Waals surface area contributed by atoms with E-state index in [4.69, 9.17) is 11.6 Å². The molecule has 0 fully saturated rings. The number of carbonyl (C=O) groups is 2. The zero-order chi connectivity index (χ0) is 14.7. The number of benzene rings is 2. The van der Waals surface area contributed by atoms with Gasteiger partial charge in [0.1, 0.15) is 0 Å². The van der Waals surface area contributed by atoms with E-state index in [-0.39, 0.29) is 11.5 Å². The maximum absolute atomic E-state index is 12.1. The fourth-order valence-corrected chi connectivity index (χ4v) is 1.90. The lowest BCUT2D eigenvalue weighted by Crippen LogP contribution is -2.22. The smallest absolute Gasteiger partial charge is 0.255 e. The Labute approximate surface area is 121 Å². The minimum absolute atomic E-state index is 0.0111. The molecular weight excluding hydrogens is 278 g/mol. The highest BCUT2D eigenvalue weighted by Crippen LogP contribution is 2.18. The Hall–Kier alpha value is -2.33. The molecule has 20 heavy (non-hydrogen) atoms. The maximum atomic E-state index is 12.1. The number of nitrogens with one attached hydrogen (secondary N) is 1. The molecular formula is C15H11ClNO3-. The van der Waals surface area contributed by atoms with Crippen LogP contribution in [0.5, 0.6) is 0 Å². The summed E-state index contributed by atoms with van der Waals surface area (Å²) in [4.78, 5) is 22.9. The van der Waals surface area contributed by atoms with Gasteiger partial charge in [-0.3, -0.25) is 4.79 Å². The predicted octanol–water partition coefficient (Wildman–Crippen LogP) is 2.26. The highest BCUT2D eigenvalue weighted by atomic mass is 35.5. The molecule has 102 valence electrons. The third kappa shape index (κ3) is 3.16. The molecule has 0 unspecified atom stereocenters. The van der Waals surface area contributed by atoms with Gasteiger partial charge in [0.2, 0.25) is 0 Å². The Kier molecular flexibility index (Phi) is 4.05. The van der Waals surface area contributed by atoms with Crippen LogP contribution in [-0.4, -0.2) is 11.9 Å². The average Bonchev–Trinajstić information content (AvgIpc) is 2.41. The first-order chi connectivity index (χ1) is 9.47. The number of hydrogen-bond donors (Lipinski definition) is 1. The second-order valence-corrected chi connectivity index (χ2v) is 4.72. The summed E-state index contributed by atoms with van der Waals surface area (Å²) in [6, 6.07) is 10.9. The van der Waals surface area contributed by atoms with Gasteiger partial charge >= 0.3 is 0 Å². The molecule has 0 saturated carbocycles.